The Morgan fingerprint density at radius 3 is 2.28 bits per heavy atom. The predicted molar refractivity (Wildman–Crippen MR) is 97.4 cm³/mol. The molecule has 0 radical (unpaired) electrons. The summed E-state index contributed by atoms with van der Waals surface area (Å²) in [5, 5.41) is 10.1. The SMILES string of the molecule is Cc1ccc(S(=O)(=O)N(C)[C@H](Cc2ccc(Cl)cc2C)C(=O)O)cc1. The second-order valence-corrected chi connectivity index (χ2v) is 8.40. The van der Waals surface area contributed by atoms with Crippen molar-refractivity contribution in [1.82, 2.24) is 4.31 Å². The van der Waals surface area contributed by atoms with Crippen LogP contribution < -0.4 is 0 Å². The standard InChI is InChI=1S/C18H20ClNO4S/c1-12-4-8-16(9-5-12)25(23,24)20(3)17(18(21)22)11-14-6-7-15(19)10-13(14)2/h4-10,17H,11H2,1-3H3,(H,21,22)/t17-/m1/s1. The van der Waals surface area contributed by atoms with Gasteiger partial charge in [0.1, 0.15) is 6.04 Å². The second-order valence-electron chi connectivity index (χ2n) is 5.96. The Hall–Kier alpha value is -1.89. The van der Waals surface area contributed by atoms with Crippen LogP contribution in [0.4, 0.5) is 0 Å². The molecule has 0 saturated heterocycles. The van der Waals surface area contributed by atoms with Crippen LogP contribution in [0.3, 0.4) is 0 Å². The lowest BCUT2D eigenvalue weighted by molar-refractivity contribution is -0.141. The first-order valence-electron chi connectivity index (χ1n) is 7.65. The van der Waals surface area contributed by atoms with E-state index in [9.17, 15) is 18.3 Å². The fraction of sp³-hybridized carbons (Fsp3) is 0.278. The Morgan fingerprint density at radius 2 is 1.76 bits per heavy atom. The van der Waals surface area contributed by atoms with Gasteiger partial charge in [0.2, 0.25) is 10.0 Å². The highest BCUT2D eigenvalue weighted by Crippen LogP contribution is 2.22. The summed E-state index contributed by atoms with van der Waals surface area (Å²) in [6.45, 7) is 3.66. The van der Waals surface area contributed by atoms with Gasteiger partial charge in [-0.3, -0.25) is 4.79 Å². The molecule has 0 heterocycles. The van der Waals surface area contributed by atoms with E-state index in [0.717, 1.165) is 21.0 Å². The van der Waals surface area contributed by atoms with Crippen molar-refractivity contribution in [2.45, 2.75) is 31.2 Å². The molecular formula is C18H20ClNO4S. The Balaban J connectivity index is 2.35. The van der Waals surface area contributed by atoms with Gasteiger partial charge in [-0.1, -0.05) is 35.4 Å². The van der Waals surface area contributed by atoms with Crippen molar-refractivity contribution in [2.24, 2.45) is 0 Å². The van der Waals surface area contributed by atoms with Gasteiger partial charge < -0.3 is 5.11 Å². The van der Waals surface area contributed by atoms with Gasteiger partial charge in [0.25, 0.3) is 0 Å². The first-order chi connectivity index (χ1) is 11.6. The second kappa shape index (κ2) is 7.56. The van der Waals surface area contributed by atoms with Crippen molar-refractivity contribution >= 4 is 27.6 Å². The molecule has 0 amide bonds. The maximum Gasteiger partial charge on any atom is 0.322 e. The Labute approximate surface area is 152 Å². The van der Waals surface area contributed by atoms with Crippen molar-refractivity contribution < 1.29 is 18.3 Å². The highest BCUT2D eigenvalue weighted by Gasteiger charge is 2.33. The average molecular weight is 382 g/mol. The van der Waals surface area contributed by atoms with Gasteiger partial charge in [0, 0.05) is 12.1 Å². The summed E-state index contributed by atoms with van der Waals surface area (Å²) in [5.74, 6) is -1.20. The van der Waals surface area contributed by atoms with Crippen molar-refractivity contribution in [3.05, 3.63) is 64.2 Å². The zero-order valence-electron chi connectivity index (χ0n) is 14.2. The number of carboxylic acid groups (broad SMARTS) is 1. The highest BCUT2D eigenvalue weighted by atomic mass is 35.5. The van der Waals surface area contributed by atoms with Crippen LogP contribution in [0.2, 0.25) is 5.02 Å². The number of halogens is 1. The normalized spacial score (nSPS) is 13.0. The number of likely N-dealkylation sites (N-methyl/N-ethyl adjacent to an activating group) is 1. The van der Waals surface area contributed by atoms with Crippen molar-refractivity contribution in [3.8, 4) is 0 Å². The summed E-state index contributed by atoms with van der Waals surface area (Å²) in [6, 6.07) is 10.2. The van der Waals surface area contributed by atoms with Crippen LogP contribution in [-0.4, -0.2) is 36.9 Å². The van der Waals surface area contributed by atoms with Gasteiger partial charge in [-0.25, -0.2) is 8.42 Å². The molecule has 0 aliphatic carbocycles. The number of carboxylic acids is 1. The highest BCUT2D eigenvalue weighted by molar-refractivity contribution is 7.89. The van der Waals surface area contributed by atoms with Crippen molar-refractivity contribution in [3.63, 3.8) is 0 Å². The zero-order chi connectivity index (χ0) is 18.8. The molecule has 0 saturated carbocycles. The van der Waals surface area contributed by atoms with Crippen LogP contribution >= 0.6 is 11.6 Å². The fourth-order valence-electron chi connectivity index (χ4n) is 2.51. The van der Waals surface area contributed by atoms with Crippen LogP contribution in [0, 0.1) is 13.8 Å². The third-order valence-corrected chi connectivity index (χ3v) is 6.26. The summed E-state index contributed by atoms with van der Waals surface area (Å²) < 4.78 is 26.4. The monoisotopic (exact) mass is 381 g/mol. The molecule has 134 valence electrons. The summed E-state index contributed by atoms with van der Waals surface area (Å²) in [7, 11) is -2.62. The Bertz CT molecular complexity index is 878. The molecule has 2 aromatic carbocycles. The lowest BCUT2D eigenvalue weighted by atomic mass is 10.0. The van der Waals surface area contributed by atoms with E-state index >= 15 is 0 Å². The smallest absolute Gasteiger partial charge is 0.322 e. The van der Waals surface area contributed by atoms with Gasteiger partial charge in [-0.15, -0.1) is 0 Å². The van der Waals surface area contributed by atoms with E-state index in [0.29, 0.717) is 5.02 Å². The molecule has 25 heavy (non-hydrogen) atoms. The van der Waals surface area contributed by atoms with Gasteiger partial charge in [0.15, 0.2) is 0 Å². The van der Waals surface area contributed by atoms with Crippen LogP contribution in [0.1, 0.15) is 16.7 Å². The number of carbonyl (C=O) groups is 1. The van der Waals surface area contributed by atoms with Crippen molar-refractivity contribution in [2.75, 3.05) is 7.05 Å². The number of sulfonamides is 1. The first kappa shape index (κ1) is 19.4. The molecule has 0 aliphatic heterocycles. The zero-order valence-corrected chi connectivity index (χ0v) is 15.8. The van der Waals surface area contributed by atoms with E-state index < -0.39 is 22.0 Å². The number of benzene rings is 2. The van der Waals surface area contributed by atoms with Crippen LogP contribution in [0.15, 0.2) is 47.4 Å². The predicted octanol–water partition coefficient (Wildman–Crippen LogP) is 3.27. The van der Waals surface area contributed by atoms with E-state index in [-0.39, 0.29) is 11.3 Å². The minimum Gasteiger partial charge on any atom is -0.480 e. The minimum absolute atomic E-state index is 0.0555. The van der Waals surface area contributed by atoms with Crippen LogP contribution in [0.5, 0.6) is 0 Å². The first-order valence-corrected chi connectivity index (χ1v) is 9.47. The fourth-order valence-corrected chi connectivity index (χ4v) is 4.05. The van der Waals surface area contributed by atoms with E-state index in [1.807, 2.05) is 13.8 Å². The van der Waals surface area contributed by atoms with E-state index in [4.69, 9.17) is 11.6 Å². The topological polar surface area (TPSA) is 74.7 Å². The molecule has 0 spiro atoms. The van der Waals surface area contributed by atoms with Gasteiger partial charge in [0.05, 0.1) is 4.90 Å². The Morgan fingerprint density at radius 1 is 1.16 bits per heavy atom. The molecule has 0 bridgehead atoms. The quantitative estimate of drug-likeness (QED) is 0.833. The summed E-state index contributed by atoms with van der Waals surface area (Å²) in [4.78, 5) is 11.8. The van der Waals surface area contributed by atoms with Gasteiger partial charge >= 0.3 is 5.97 Å². The number of rotatable bonds is 6. The number of aliphatic carboxylic acids is 1. The lowest BCUT2D eigenvalue weighted by Gasteiger charge is -2.25. The lowest BCUT2D eigenvalue weighted by Crippen LogP contribution is -2.43. The molecule has 1 N–H and O–H groups in total. The third-order valence-electron chi connectivity index (χ3n) is 4.14. The Kier molecular flexibility index (Phi) is 5.87. The van der Waals surface area contributed by atoms with E-state index in [1.54, 1.807) is 30.3 Å². The molecule has 0 aromatic heterocycles. The molecule has 5 nitrogen and oxygen atoms in total. The van der Waals surface area contributed by atoms with E-state index in [1.165, 1.54) is 19.2 Å². The van der Waals surface area contributed by atoms with Crippen LogP contribution in [0.25, 0.3) is 0 Å². The maximum atomic E-state index is 12.8. The summed E-state index contributed by atoms with van der Waals surface area (Å²) >= 11 is 5.92. The minimum atomic E-state index is -3.91. The van der Waals surface area contributed by atoms with Gasteiger partial charge in [-0.05, 0) is 55.7 Å². The molecule has 7 heteroatoms. The molecular weight excluding hydrogens is 362 g/mol. The molecule has 2 rings (SSSR count). The number of hydrogen-bond donors (Lipinski definition) is 1. The molecule has 0 unspecified atom stereocenters. The molecule has 0 fully saturated rings. The largest absolute Gasteiger partial charge is 0.480 e. The number of aryl methyl sites for hydroxylation is 2. The molecule has 1 atom stereocenters. The van der Waals surface area contributed by atoms with Crippen molar-refractivity contribution in [1.29, 1.82) is 0 Å². The molecule has 0 aliphatic rings. The summed E-state index contributed by atoms with van der Waals surface area (Å²) in [6.07, 6.45) is 0.0555. The average Bonchev–Trinajstić information content (AvgIpc) is 2.53. The van der Waals surface area contributed by atoms with Gasteiger partial charge in [-0.2, -0.15) is 4.31 Å². The third kappa shape index (κ3) is 4.39. The van der Waals surface area contributed by atoms with E-state index in [2.05, 4.69) is 0 Å². The van der Waals surface area contributed by atoms with Crippen LogP contribution in [-0.2, 0) is 21.2 Å². The maximum absolute atomic E-state index is 12.8. The number of hydrogen-bond acceptors (Lipinski definition) is 3. The molecule has 2 aromatic rings. The number of nitrogens with zero attached hydrogens (tertiary/aromatic N) is 1. The summed E-state index contributed by atoms with van der Waals surface area (Å²) in [5.41, 5.74) is 2.48.